The molecular weight excluding hydrogens is 439 g/mol. The number of halogens is 3. The van der Waals surface area contributed by atoms with Crippen molar-refractivity contribution in [2.24, 2.45) is 5.92 Å². The first kappa shape index (κ1) is 21.0. The van der Waals surface area contributed by atoms with Gasteiger partial charge in [0.15, 0.2) is 4.34 Å². The molecule has 2 heterocycles. The van der Waals surface area contributed by atoms with Gasteiger partial charge in [0.2, 0.25) is 0 Å². The lowest BCUT2D eigenvalue weighted by molar-refractivity contribution is -0.137. The fraction of sp³-hybridized carbons (Fsp3) is 0.391. The molecule has 1 aromatic heterocycles. The van der Waals surface area contributed by atoms with Gasteiger partial charge in [0.1, 0.15) is 5.01 Å². The van der Waals surface area contributed by atoms with Crippen LogP contribution in [0.3, 0.4) is 0 Å². The number of rotatable bonds is 7. The lowest BCUT2D eigenvalue weighted by atomic mass is 9.94. The minimum Gasteiger partial charge on any atom is -0.302 e. The Balaban J connectivity index is 1.10. The van der Waals surface area contributed by atoms with Crippen LogP contribution in [0.25, 0.3) is 10.6 Å². The number of alkyl halides is 3. The van der Waals surface area contributed by atoms with Gasteiger partial charge in [0, 0.05) is 29.8 Å². The molecule has 0 radical (unpaired) electrons. The van der Waals surface area contributed by atoms with Crippen molar-refractivity contribution < 1.29 is 13.2 Å². The standard InChI is InChI=1S/C23H22F3N3S2/c24-23(25,26)18-9-7-17(8-10-18)22-13-19(22)14-29(15-22)11-4-12-30-21-28-27-20(31-21)16-5-2-1-3-6-16/h1-3,5-10,19H,4,11-15H2/t19-,22+/m0/s1. The van der Waals surface area contributed by atoms with E-state index >= 15 is 0 Å². The van der Waals surface area contributed by atoms with Crippen LogP contribution in [-0.4, -0.2) is 40.5 Å². The third-order valence-corrected chi connectivity index (χ3v) is 8.47. The summed E-state index contributed by atoms with van der Waals surface area (Å²) in [6.07, 6.45) is -2.12. The van der Waals surface area contributed by atoms with Gasteiger partial charge in [-0.15, -0.1) is 10.2 Å². The number of thioether (sulfide) groups is 1. The summed E-state index contributed by atoms with van der Waals surface area (Å²) in [5.74, 6) is 1.56. The Hall–Kier alpha value is -1.90. The van der Waals surface area contributed by atoms with E-state index in [1.807, 2.05) is 30.3 Å². The third-order valence-electron chi connectivity index (χ3n) is 6.27. The molecule has 3 aromatic rings. The van der Waals surface area contributed by atoms with Crippen molar-refractivity contribution in [3.63, 3.8) is 0 Å². The number of hydrogen-bond donors (Lipinski definition) is 0. The van der Waals surface area contributed by atoms with Gasteiger partial charge in [0.25, 0.3) is 0 Å². The summed E-state index contributed by atoms with van der Waals surface area (Å²) in [4.78, 5) is 2.46. The van der Waals surface area contributed by atoms with Gasteiger partial charge in [-0.1, -0.05) is 65.6 Å². The largest absolute Gasteiger partial charge is 0.416 e. The number of nitrogens with zero attached hydrogens (tertiary/aromatic N) is 3. The van der Waals surface area contributed by atoms with Gasteiger partial charge in [0.05, 0.1) is 5.56 Å². The zero-order valence-electron chi connectivity index (χ0n) is 16.8. The molecular formula is C23H22F3N3S2. The first-order chi connectivity index (χ1) is 14.9. The minimum absolute atomic E-state index is 0.0705. The Morgan fingerprint density at radius 2 is 1.84 bits per heavy atom. The monoisotopic (exact) mass is 461 g/mol. The normalized spacial score (nSPS) is 23.1. The molecule has 0 unspecified atom stereocenters. The SMILES string of the molecule is FC(F)(F)c1ccc([C@]23C[C@H]2CN(CCCSc2nnc(-c4ccccc4)s2)C3)cc1. The second kappa shape index (κ2) is 8.22. The molecule has 8 heteroatoms. The number of piperidine rings is 1. The molecule has 0 N–H and O–H groups in total. The first-order valence-electron chi connectivity index (χ1n) is 10.4. The fourth-order valence-electron chi connectivity index (χ4n) is 4.61. The Kier molecular flexibility index (Phi) is 5.56. The summed E-state index contributed by atoms with van der Waals surface area (Å²) < 4.78 is 39.5. The molecule has 31 heavy (non-hydrogen) atoms. The van der Waals surface area contributed by atoms with E-state index in [2.05, 4.69) is 15.1 Å². The molecule has 2 fully saturated rings. The zero-order valence-corrected chi connectivity index (χ0v) is 18.4. The first-order valence-corrected chi connectivity index (χ1v) is 12.2. The number of hydrogen-bond acceptors (Lipinski definition) is 5. The van der Waals surface area contributed by atoms with E-state index < -0.39 is 11.7 Å². The highest BCUT2D eigenvalue weighted by molar-refractivity contribution is 8.01. The Morgan fingerprint density at radius 1 is 1.06 bits per heavy atom. The summed E-state index contributed by atoms with van der Waals surface area (Å²) in [7, 11) is 0. The van der Waals surface area contributed by atoms with Crippen LogP contribution in [0, 0.1) is 5.92 Å². The molecule has 2 aliphatic rings. The van der Waals surface area contributed by atoms with E-state index in [0.717, 1.165) is 58.7 Å². The quantitative estimate of drug-likeness (QED) is 0.320. The molecule has 1 saturated carbocycles. The molecule has 1 aliphatic carbocycles. The van der Waals surface area contributed by atoms with Crippen molar-refractivity contribution in [2.45, 2.75) is 28.8 Å². The Labute approximate surface area is 187 Å². The average Bonchev–Trinajstić information content (AvgIpc) is 3.11. The van der Waals surface area contributed by atoms with Crippen LogP contribution < -0.4 is 0 Å². The number of benzene rings is 2. The van der Waals surface area contributed by atoms with E-state index in [9.17, 15) is 13.2 Å². The topological polar surface area (TPSA) is 29.0 Å². The van der Waals surface area contributed by atoms with Gasteiger partial charge >= 0.3 is 6.18 Å². The predicted molar refractivity (Wildman–Crippen MR) is 118 cm³/mol. The number of fused-ring (bicyclic) bond motifs is 1. The number of aromatic nitrogens is 2. The minimum atomic E-state index is -4.27. The fourth-order valence-corrected chi connectivity index (χ4v) is 6.46. The van der Waals surface area contributed by atoms with Crippen LogP contribution in [0.2, 0.25) is 0 Å². The van der Waals surface area contributed by atoms with Crippen LogP contribution in [-0.2, 0) is 11.6 Å². The molecule has 0 amide bonds. The maximum absolute atomic E-state index is 12.8. The summed E-state index contributed by atoms with van der Waals surface area (Å²) >= 11 is 3.36. The number of likely N-dealkylation sites (tertiary alicyclic amines) is 1. The van der Waals surface area contributed by atoms with Crippen molar-refractivity contribution in [1.29, 1.82) is 0 Å². The highest BCUT2D eigenvalue weighted by Crippen LogP contribution is 2.59. The maximum Gasteiger partial charge on any atom is 0.416 e. The van der Waals surface area contributed by atoms with Crippen molar-refractivity contribution >= 4 is 23.1 Å². The summed E-state index contributed by atoms with van der Waals surface area (Å²) in [6.45, 7) is 3.00. The summed E-state index contributed by atoms with van der Waals surface area (Å²) in [5, 5.41) is 9.53. The van der Waals surface area contributed by atoms with Crippen molar-refractivity contribution in [1.82, 2.24) is 15.1 Å². The van der Waals surface area contributed by atoms with E-state index in [4.69, 9.17) is 0 Å². The molecule has 0 bridgehead atoms. The lowest BCUT2D eigenvalue weighted by Gasteiger charge is -2.21. The van der Waals surface area contributed by atoms with Gasteiger partial charge in [-0.05, 0) is 43.0 Å². The van der Waals surface area contributed by atoms with Crippen LogP contribution in [0.15, 0.2) is 58.9 Å². The molecule has 2 aromatic carbocycles. The van der Waals surface area contributed by atoms with E-state index in [-0.39, 0.29) is 5.41 Å². The molecule has 1 aliphatic heterocycles. The van der Waals surface area contributed by atoms with E-state index in [1.54, 1.807) is 35.2 Å². The molecule has 5 rings (SSSR count). The average molecular weight is 462 g/mol. The second-order valence-corrected chi connectivity index (χ2v) is 10.6. The van der Waals surface area contributed by atoms with Crippen LogP contribution in [0.1, 0.15) is 24.0 Å². The van der Waals surface area contributed by atoms with Crippen LogP contribution in [0.4, 0.5) is 13.2 Å². The third kappa shape index (κ3) is 4.38. The molecule has 3 nitrogen and oxygen atoms in total. The lowest BCUT2D eigenvalue weighted by Crippen LogP contribution is -2.28. The highest BCUT2D eigenvalue weighted by atomic mass is 32.2. The predicted octanol–water partition coefficient (Wildman–Crippen LogP) is 5.98. The smallest absolute Gasteiger partial charge is 0.302 e. The van der Waals surface area contributed by atoms with E-state index in [1.165, 1.54) is 12.1 Å². The van der Waals surface area contributed by atoms with Gasteiger partial charge in [-0.25, -0.2) is 0 Å². The van der Waals surface area contributed by atoms with Crippen molar-refractivity contribution in [2.75, 3.05) is 25.4 Å². The highest BCUT2D eigenvalue weighted by Gasteiger charge is 2.60. The van der Waals surface area contributed by atoms with Crippen molar-refractivity contribution in [3.05, 3.63) is 65.7 Å². The zero-order chi connectivity index (χ0) is 21.5. The van der Waals surface area contributed by atoms with Gasteiger partial charge < -0.3 is 4.90 Å². The summed E-state index contributed by atoms with van der Waals surface area (Å²) in [6, 6.07) is 15.9. The molecule has 2 atom stereocenters. The van der Waals surface area contributed by atoms with Gasteiger partial charge in [-0.3, -0.25) is 0 Å². The van der Waals surface area contributed by atoms with Crippen LogP contribution in [0.5, 0.6) is 0 Å². The second-order valence-electron chi connectivity index (χ2n) is 8.31. The van der Waals surface area contributed by atoms with Crippen LogP contribution >= 0.6 is 23.1 Å². The van der Waals surface area contributed by atoms with Crippen molar-refractivity contribution in [3.8, 4) is 10.6 Å². The molecule has 162 valence electrons. The molecule has 1 saturated heterocycles. The Bertz CT molecular complexity index is 1040. The molecule has 0 spiro atoms. The summed E-state index contributed by atoms with van der Waals surface area (Å²) in [5.41, 5.74) is 1.66. The maximum atomic E-state index is 12.8. The van der Waals surface area contributed by atoms with Gasteiger partial charge in [-0.2, -0.15) is 13.2 Å². The Morgan fingerprint density at radius 3 is 2.58 bits per heavy atom. The van der Waals surface area contributed by atoms with E-state index in [0.29, 0.717) is 5.92 Å².